The Labute approximate surface area is 154 Å². The number of primary amides is 1. The van der Waals surface area contributed by atoms with E-state index in [9.17, 15) is 22.8 Å². The smallest absolute Gasteiger partial charge is 0.248 e. The van der Waals surface area contributed by atoms with Crippen molar-refractivity contribution in [1.82, 2.24) is 4.90 Å². The fourth-order valence-electron chi connectivity index (χ4n) is 3.39. The maximum absolute atomic E-state index is 13.8. The molecule has 4 nitrogen and oxygen atoms in total. The van der Waals surface area contributed by atoms with Crippen LogP contribution in [0.2, 0.25) is 0 Å². The van der Waals surface area contributed by atoms with Crippen molar-refractivity contribution in [3.05, 3.63) is 70.5 Å². The van der Waals surface area contributed by atoms with E-state index < -0.39 is 23.4 Å². The van der Waals surface area contributed by atoms with Gasteiger partial charge in [0.1, 0.15) is 0 Å². The second-order valence-electron chi connectivity index (χ2n) is 6.77. The van der Waals surface area contributed by atoms with Crippen LogP contribution in [0.15, 0.2) is 36.4 Å². The highest BCUT2D eigenvalue weighted by Crippen LogP contribution is 2.23. The molecule has 2 N–H and O–H groups in total. The average Bonchev–Trinajstić information content (AvgIpc) is 3.11. The van der Waals surface area contributed by atoms with Crippen molar-refractivity contribution in [2.24, 2.45) is 11.7 Å². The van der Waals surface area contributed by atoms with Crippen molar-refractivity contribution in [3.63, 3.8) is 0 Å². The van der Waals surface area contributed by atoms with E-state index in [1.807, 2.05) is 6.07 Å². The number of likely N-dealkylation sites (tertiary alicyclic amines) is 1. The average molecular weight is 376 g/mol. The Bertz CT molecular complexity index is 886. The predicted molar refractivity (Wildman–Crippen MR) is 93.4 cm³/mol. The summed E-state index contributed by atoms with van der Waals surface area (Å²) >= 11 is 0. The van der Waals surface area contributed by atoms with E-state index in [4.69, 9.17) is 5.73 Å². The molecular weight excluding hydrogens is 357 g/mol. The van der Waals surface area contributed by atoms with Crippen LogP contribution in [-0.2, 0) is 17.6 Å². The van der Waals surface area contributed by atoms with Gasteiger partial charge in [0, 0.05) is 24.2 Å². The highest BCUT2D eigenvalue weighted by Gasteiger charge is 2.27. The van der Waals surface area contributed by atoms with Crippen LogP contribution < -0.4 is 5.73 Å². The van der Waals surface area contributed by atoms with E-state index in [1.54, 1.807) is 23.1 Å². The Kier molecular flexibility index (Phi) is 5.48. The van der Waals surface area contributed by atoms with Gasteiger partial charge in [-0.3, -0.25) is 9.59 Å². The molecule has 2 aromatic carbocycles. The minimum atomic E-state index is -1.56. The second kappa shape index (κ2) is 7.82. The lowest BCUT2D eigenvalue weighted by atomic mass is 9.97. The summed E-state index contributed by atoms with van der Waals surface area (Å²) in [5.74, 6) is -4.77. The first kappa shape index (κ1) is 18.9. The van der Waals surface area contributed by atoms with E-state index >= 15 is 0 Å². The van der Waals surface area contributed by atoms with Crippen LogP contribution in [0.25, 0.3) is 0 Å². The number of halogens is 3. The summed E-state index contributed by atoms with van der Waals surface area (Å²) in [6.07, 6.45) is 1.14. The molecule has 0 bridgehead atoms. The van der Waals surface area contributed by atoms with Gasteiger partial charge in [-0.1, -0.05) is 18.2 Å². The summed E-state index contributed by atoms with van der Waals surface area (Å²) in [5, 5.41) is 0. The van der Waals surface area contributed by atoms with Crippen molar-refractivity contribution in [1.29, 1.82) is 0 Å². The molecule has 7 heteroatoms. The van der Waals surface area contributed by atoms with E-state index in [0.717, 1.165) is 24.1 Å². The molecule has 0 aliphatic carbocycles. The molecule has 142 valence electrons. The van der Waals surface area contributed by atoms with Gasteiger partial charge in [-0.05, 0) is 42.5 Å². The summed E-state index contributed by atoms with van der Waals surface area (Å²) in [6.45, 7) is 1.01. The molecule has 1 saturated heterocycles. The van der Waals surface area contributed by atoms with Gasteiger partial charge >= 0.3 is 0 Å². The van der Waals surface area contributed by atoms with Crippen molar-refractivity contribution in [2.75, 3.05) is 13.1 Å². The van der Waals surface area contributed by atoms with Crippen LogP contribution in [0, 0.1) is 23.4 Å². The summed E-state index contributed by atoms with van der Waals surface area (Å²) in [5.41, 5.74) is 6.52. The number of hydrogen-bond donors (Lipinski definition) is 1. The zero-order chi connectivity index (χ0) is 19.6. The highest BCUT2D eigenvalue weighted by molar-refractivity contribution is 5.92. The molecule has 3 rings (SSSR count). The molecule has 0 spiro atoms. The third kappa shape index (κ3) is 4.30. The fraction of sp³-hybridized carbons (Fsp3) is 0.300. The monoisotopic (exact) mass is 376 g/mol. The van der Waals surface area contributed by atoms with Gasteiger partial charge in [0.05, 0.1) is 6.42 Å². The molecule has 2 amide bonds. The fourth-order valence-corrected chi connectivity index (χ4v) is 3.39. The van der Waals surface area contributed by atoms with Crippen molar-refractivity contribution >= 4 is 11.8 Å². The Morgan fingerprint density at radius 2 is 1.89 bits per heavy atom. The van der Waals surface area contributed by atoms with E-state index in [-0.39, 0.29) is 23.8 Å². The number of carbonyl (C=O) groups is 2. The highest BCUT2D eigenvalue weighted by atomic mass is 19.2. The molecule has 1 heterocycles. The lowest BCUT2D eigenvalue weighted by molar-refractivity contribution is -0.129. The van der Waals surface area contributed by atoms with Crippen LogP contribution in [0.5, 0.6) is 0 Å². The number of nitrogens with two attached hydrogens (primary N) is 1. The maximum Gasteiger partial charge on any atom is 0.248 e. The van der Waals surface area contributed by atoms with Gasteiger partial charge in [0.2, 0.25) is 11.8 Å². The van der Waals surface area contributed by atoms with E-state index in [2.05, 4.69) is 0 Å². The standard InChI is InChI=1S/C20H19F3N2O2/c21-16-5-4-14(18(22)19(16)23)10-17(26)25-7-6-13(11-25)8-12-2-1-3-15(9-12)20(24)27/h1-5,9,13H,6-8,10-11H2,(H2,24,27)/t13-/m0/s1. The molecule has 0 aromatic heterocycles. The van der Waals surface area contributed by atoms with Crippen molar-refractivity contribution in [3.8, 4) is 0 Å². The molecule has 1 atom stereocenters. The Balaban J connectivity index is 1.61. The number of benzene rings is 2. The number of rotatable bonds is 5. The SMILES string of the molecule is NC(=O)c1cccc(C[C@@H]2CCN(C(=O)Cc3ccc(F)c(F)c3F)C2)c1. The van der Waals surface area contributed by atoms with Crippen LogP contribution in [0.1, 0.15) is 27.9 Å². The predicted octanol–water partition coefficient (Wildman–Crippen LogP) is 2.84. The largest absolute Gasteiger partial charge is 0.366 e. The first-order valence-corrected chi connectivity index (χ1v) is 8.64. The van der Waals surface area contributed by atoms with Crippen LogP contribution in [0.3, 0.4) is 0 Å². The Morgan fingerprint density at radius 3 is 2.63 bits per heavy atom. The lowest BCUT2D eigenvalue weighted by Crippen LogP contribution is -2.30. The number of amides is 2. The number of nitrogens with zero attached hydrogens (tertiary/aromatic N) is 1. The molecule has 2 aromatic rings. The Morgan fingerprint density at radius 1 is 1.11 bits per heavy atom. The molecule has 0 radical (unpaired) electrons. The minimum absolute atomic E-state index is 0.156. The first-order valence-electron chi connectivity index (χ1n) is 8.64. The van der Waals surface area contributed by atoms with Crippen LogP contribution in [0.4, 0.5) is 13.2 Å². The van der Waals surface area contributed by atoms with Gasteiger partial charge < -0.3 is 10.6 Å². The normalized spacial score (nSPS) is 16.6. The van der Waals surface area contributed by atoms with E-state index in [1.165, 1.54) is 0 Å². The van der Waals surface area contributed by atoms with Crippen molar-refractivity contribution in [2.45, 2.75) is 19.3 Å². The van der Waals surface area contributed by atoms with Gasteiger partial charge in [-0.15, -0.1) is 0 Å². The summed E-state index contributed by atoms with van der Waals surface area (Å²) in [7, 11) is 0. The molecular formula is C20H19F3N2O2. The quantitative estimate of drug-likeness (QED) is 0.816. The number of carbonyl (C=O) groups excluding carboxylic acids is 2. The summed E-state index contributed by atoms with van der Waals surface area (Å²) in [6, 6.07) is 8.96. The molecule has 27 heavy (non-hydrogen) atoms. The summed E-state index contributed by atoms with van der Waals surface area (Å²) < 4.78 is 40.1. The third-order valence-electron chi connectivity index (χ3n) is 4.83. The van der Waals surface area contributed by atoms with Crippen molar-refractivity contribution < 1.29 is 22.8 Å². The van der Waals surface area contributed by atoms with E-state index in [0.29, 0.717) is 25.1 Å². The molecule has 0 saturated carbocycles. The molecule has 1 aliphatic heterocycles. The van der Waals surface area contributed by atoms with Crippen LogP contribution >= 0.6 is 0 Å². The zero-order valence-corrected chi connectivity index (χ0v) is 14.6. The molecule has 0 unspecified atom stereocenters. The summed E-state index contributed by atoms with van der Waals surface area (Å²) in [4.78, 5) is 25.3. The Hall–Kier alpha value is -2.83. The second-order valence-corrected chi connectivity index (χ2v) is 6.77. The van der Waals surface area contributed by atoms with Gasteiger partial charge in [0.25, 0.3) is 0 Å². The minimum Gasteiger partial charge on any atom is -0.366 e. The van der Waals surface area contributed by atoms with Gasteiger partial charge in [-0.2, -0.15) is 0 Å². The van der Waals surface area contributed by atoms with Gasteiger partial charge in [-0.25, -0.2) is 13.2 Å². The van der Waals surface area contributed by atoms with Gasteiger partial charge in [0.15, 0.2) is 17.5 Å². The number of hydrogen-bond acceptors (Lipinski definition) is 2. The first-order chi connectivity index (χ1) is 12.8. The topological polar surface area (TPSA) is 63.4 Å². The lowest BCUT2D eigenvalue weighted by Gasteiger charge is -2.17. The molecule has 1 aliphatic rings. The van der Waals surface area contributed by atoms with Crippen LogP contribution in [-0.4, -0.2) is 29.8 Å². The third-order valence-corrected chi connectivity index (χ3v) is 4.83. The molecule has 1 fully saturated rings. The maximum atomic E-state index is 13.8. The zero-order valence-electron chi connectivity index (χ0n) is 14.6.